The number of hydrogen-bond acceptors (Lipinski definition) is 6. The lowest BCUT2D eigenvalue weighted by Gasteiger charge is -2.40. The van der Waals surface area contributed by atoms with Gasteiger partial charge in [0.2, 0.25) is 0 Å². The molecule has 1 heterocycles. The maximum absolute atomic E-state index is 12.5. The van der Waals surface area contributed by atoms with Crippen LogP contribution in [0.5, 0.6) is 0 Å². The lowest BCUT2D eigenvalue weighted by molar-refractivity contribution is -0.141. The second-order valence-corrected chi connectivity index (χ2v) is 8.99. The lowest BCUT2D eigenvalue weighted by atomic mass is 9.86. The summed E-state index contributed by atoms with van der Waals surface area (Å²) in [6.07, 6.45) is 3.21. The number of carbonyl (C=O) groups excluding carboxylic acids is 3. The van der Waals surface area contributed by atoms with E-state index in [0.29, 0.717) is 19.4 Å². The number of esters is 1. The minimum atomic E-state index is -0.938. The van der Waals surface area contributed by atoms with Crippen LogP contribution in [-0.2, 0) is 19.0 Å². The summed E-state index contributed by atoms with van der Waals surface area (Å²) in [6, 6.07) is 0.0363. The highest BCUT2D eigenvalue weighted by atomic mass is 16.7. The molecule has 0 aromatic carbocycles. The largest absolute Gasteiger partial charge is 0.516 e. The van der Waals surface area contributed by atoms with E-state index in [0.717, 1.165) is 19.3 Å². The van der Waals surface area contributed by atoms with Crippen LogP contribution in [0.15, 0.2) is 0 Å². The second-order valence-electron chi connectivity index (χ2n) is 8.99. The summed E-state index contributed by atoms with van der Waals surface area (Å²) in [5.74, 6) is -0.316. The van der Waals surface area contributed by atoms with Gasteiger partial charge in [0.1, 0.15) is 5.60 Å². The van der Waals surface area contributed by atoms with Crippen molar-refractivity contribution in [3.05, 3.63) is 0 Å². The molecule has 1 fully saturated rings. The Morgan fingerprint density at radius 1 is 1.18 bits per heavy atom. The van der Waals surface area contributed by atoms with Crippen molar-refractivity contribution in [1.82, 2.24) is 4.90 Å². The van der Waals surface area contributed by atoms with Gasteiger partial charge in [-0.25, -0.2) is 9.59 Å². The molecule has 0 N–H and O–H groups in total. The van der Waals surface area contributed by atoms with Gasteiger partial charge in [-0.15, -0.1) is 0 Å². The second kappa shape index (κ2) is 11.3. The van der Waals surface area contributed by atoms with Crippen molar-refractivity contribution in [1.29, 1.82) is 0 Å². The van der Waals surface area contributed by atoms with Crippen molar-refractivity contribution in [3.63, 3.8) is 0 Å². The Kier molecular flexibility index (Phi) is 9.76. The first-order valence-electron chi connectivity index (χ1n) is 10.4. The van der Waals surface area contributed by atoms with E-state index in [4.69, 9.17) is 14.2 Å². The first-order chi connectivity index (χ1) is 13.0. The number of ether oxygens (including phenoxy) is 3. The SMILES string of the molecule is CCCCC1CC(CC(=O)OC(=O)OCC(C)C)CCN1C(=O)OC(C)(C)C. The van der Waals surface area contributed by atoms with Crippen LogP contribution in [-0.4, -0.2) is 47.9 Å². The average molecular weight is 400 g/mol. The molecule has 1 aliphatic heterocycles. The van der Waals surface area contributed by atoms with Crippen molar-refractivity contribution in [3.8, 4) is 0 Å². The zero-order chi connectivity index (χ0) is 21.3. The van der Waals surface area contributed by atoms with E-state index in [9.17, 15) is 14.4 Å². The standard InChI is InChI=1S/C21H37NO6/c1-7-8-9-17-12-16(10-11-22(17)19(24)28-21(4,5)6)13-18(23)27-20(25)26-14-15(2)3/h15-17H,7-14H2,1-6H3. The number of piperidine rings is 1. The minimum Gasteiger partial charge on any atom is -0.444 e. The topological polar surface area (TPSA) is 82.1 Å². The smallest absolute Gasteiger partial charge is 0.444 e. The third-order valence-electron chi connectivity index (χ3n) is 4.53. The molecule has 0 aromatic rings. The summed E-state index contributed by atoms with van der Waals surface area (Å²) < 4.78 is 15.2. The van der Waals surface area contributed by atoms with E-state index in [1.807, 2.05) is 34.6 Å². The predicted octanol–water partition coefficient (Wildman–Crippen LogP) is 4.92. The van der Waals surface area contributed by atoms with Gasteiger partial charge in [0.15, 0.2) is 0 Å². The number of likely N-dealkylation sites (tertiary alicyclic amines) is 1. The Balaban J connectivity index is 2.59. The molecular formula is C21H37NO6. The summed E-state index contributed by atoms with van der Waals surface area (Å²) in [5.41, 5.74) is -0.538. The Labute approximate surface area is 169 Å². The van der Waals surface area contributed by atoms with Crippen LogP contribution in [0.1, 0.15) is 80.1 Å². The number of rotatable bonds is 7. The summed E-state index contributed by atoms with van der Waals surface area (Å²) in [6.45, 7) is 12.2. The molecule has 0 saturated carbocycles. The molecule has 2 unspecified atom stereocenters. The predicted molar refractivity (Wildman–Crippen MR) is 106 cm³/mol. The summed E-state index contributed by atoms with van der Waals surface area (Å²) in [5, 5.41) is 0. The van der Waals surface area contributed by atoms with Gasteiger partial charge in [0.05, 0.1) is 6.61 Å². The van der Waals surface area contributed by atoms with Gasteiger partial charge in [0.25, 0.3) is 0 Å². The van der Waals surface area contributed by atoms with E-state index in [-0.39, 0.29) is 37.0 Å². The van der Waals surface area contributed by atoms with E-state index < -0.39 is 17.7 Å². The first-order valence-corrected chi connectivity index (χ1v) is 10.4. The number of carbonyl (C=O) groups is 3. The van der Waals surface area contributed by atoms with Gasteiger partial charge in [-0.1, -0.05) is 33.6 Å². The fourth-order valence-electron chi connectivity index (χ4n) is 3.23. The molecule has 0 aromatic heterocycles. The van der Waals surface area contributed by atoms with Crippen molar-refractivity contribution in [2.24, 2.45) is 11.8 Å². The summed E-state index contributed by atoms with van der Waals surface area (Å²) >= 11 is 0. The number of unbranched alkanes of at least 4 members (excludes halogenated alkanes) is 1. The molecule has 1 rings (SSSR count). The lowest BCUT2D eigenvalue weighted by Crippen LogP contribution is -2.48. The van der Waals surface area contributed by atoms with Crippen LogP contribution >= 0.6 is 0 Å². The van der Waals surface area contributed by atoms with Crippen LogP contribution in [0.3, 0.4) is 0 Å². The van der Waals surface area contributed by atoms with Crippen LogP contribution in [0.2, 0.25) is 0 Å². The Bertz CT molecular complexity index is 525. The van der Waals surface area contributed by atoms with Gasteiger partial charge >= 0.3 is 18.2 Å². The third-order valence-corrected chi connectivity index (χ3v) is 4.53. The van der Waals surface area contributed by atoms with Crippen LogP contribution in [0.4, 0.5) is 9.59 Å². The van der Waals surface area contributed by atoms with Gasteiger partial charge in [-0.2, -0.15) is 0 Å². The summed E-state index contributed by atoms with van der Waals surface area (Å²) in [7, 11) is 0. The van der Waals surface area contributed by atoms with Crippen LogP contribution < -0.4 is 0 Å². The maximum Gasteiger partial charge on any atom is 0.516 e. The minimum absolute atomic E-state index is 0.0363. The molecule has 1 amide bonds. The van der Waals surface area contributed by atoms with E-state index >= 15 is 0 Å². The van der Waals surface area contributed by atoms with Crippen molar-refractivity contribution in [2.45, 2.75) is 91.7 Å². The molecule has 7 heteroatoms. The molecule has 7 nitrogen and oxygen atoms in total. The van der Waals surface area contributed by atoms with Crippen molar-refractivity contribution >= 4 is 18.2 Å². The average Bonchev–Trinajstić information content (AvgIpc) is 2.56. The monoisotopic (exact) mass is 399 g/mol. The molecule has 162 valence electrons. The Hall–Kier alpha value is -1.79. The van der Waals surface area contributed by atoms with Crippen molar-refractivity contribution in [2.75, 3.05) is 13.2 Å². The van der Waals surface area contributed by atoms with Crippen LogP contribution in [0.25, 0.3) is 0 Å². The highest BCUT2D eigenvalue weighted by Gasteiger charge is 2.35. The van der Waals surface area contributed by atoms with Gasteiger partial charge in [-0.05, 0) is 51.9 Å². The number of hydrogen-bond donors (Lipinski definition) is 0. The molecule has 0 aliphatic carbocycles. The fraction of sp³-hybridized carbons (Fsp3) is 0.857. The third kappa shape index (κ3) is 9.42. The van der Waals surface area contributed by atoms with Gasteiger partial charge in [-0.3, -0.25) is 4.79 Å². The molecule has 1 aliphatic rings. The zero-order valence-corrected chi connectivity index (χ0v) is 18.3. The Morgan fingerprint density at radius 2 is 1.86 bits per heavy atom. The molecular weight excluding hydrogens is 362 g/mol. The first kappa shape index (κ1) is 24.2. The molecule has 1 saturated heterocycles. The maximum atomic E-state index is 12.5. The normalized spacial score (nSPS) is 20.0. The molecule has 0 spiro atoms. The van der Waals surface area contributed by atoms with Gasteiger partial charge < -0.3 is 19.1 Å². The Morgan fingerprint density at radius 3 is 2.43 bits per heavy atom. The number of nitrogens with zero attached hydrogens (tertiary/aromatic N) is 1. The number of amides is 1. The van der Waals surface area contributed by atoms with E-state index in [1.54, 1.807) is 4.90 Å². The molecule has 0 bridgehead atoms. The fourth-order valence-corrected chi connectivity index (χ4v) is 3.23. The van der Waals surface area contributed by atoms with Crippen molar-refractivity contribution < 1.29 is 28.6 Å². The highest BCUT2D eigenvalue weighted by Crippen LogP contribution is 2.30. The van der Waals surface area contributed by atoms with E-state index in [1.165, 1.54) is 0 Å². The summed E-state index contributed by atoms with van der Waals surface area (Å²) in [4.78, 5) is 37.9. The zero-order valence-electron chi connectivity index (χ0n) is 18.3. The van der Waals surface area contributed by atoms with Gasteiger partial charge in [0, 0.05) is 19.0 Å². The molecule has 2 atom stereocenters. The van der Waals surface area contributed by atoms with Crippen LogP contribution in [0, 0.1) is 11.8 Å². The molecule has 0 radical (unpaired) electrons. The van der Waals surface area contributed by atoms with E-state index in [2.05, 4.69) is 6.92 Å². The quantitative estimate of drug-likeness (QED) is 0.446. The highest BCUT2D eigenvalue weighted by molar-refractivity contribution is 5.81. The molecule has 28 heavy (non-hydrogen) atoms.